The minimum Gasteiger partial charge on any atom is -0.381 e. The summed E-state index contributed by atoms with van der Waals surface area (Å²) in [5.41, 5.74) is 1.59. The zero-order valence-electron chi connectivity index (χ0n) is 14.7. The zero-order valence-corrected chi connectivity index (χ0v) is 15.5. The highest BCUT2D eigenvalue weighted by Crippen LogP contribution is 2.24. The van der Waals surface area contributed by atoms with Crippen LogP contribution in [-0.2, 0) is 14.8 Å². The Morgan fingerprint density at radius 1 is 1.08 bits per heavy atom. The van der Waals surface area contributed by atoms with Crippen molar-refractivity contribution in [1.82, 2.24) is 4.31 Å². The number of nitrogens with zero attached hydrogens (tertiary/aromatic N) is 1. The number of carbonyl (C=O) groups is 1. The minimum absolute atomic E-state index is 0.0929. The highest BCUT2D eigenvalue weighted by atomic mass is 32.2. The Kier molecular flexibility index (Phi) is 5.58. The van der Waals surface area contributed by atoms with Gasteiger partial charge in [0.05, 0.1) is 4.90 Å². The third-order valence-electron chi connectivity index (χ3n) is 4.39. The SMILES string of the molecule is CCC(=O)Nc1ccc(S(=O)(=O)N2CCC(Nc3ccccc3)C2)cc1. The summed E-state index contributed by atoms with van der Waals surface area (Å²) < 4.78 is 27.2. The second-order valence-corrected chi connectivity index (χ2v) is 8.22. The van der Waals surface area contributed by atoms with Crippen LogP contribution in [0.4, 0.5) is 11.4 Å². The normalized spacial score (nSPS) is 17.8. The summed E-state index contributed by atoms with van der Waals surface area (Å²) in [6.07, 6.45) is 1.14. The van der Waals surface area contributed by atoms with E-state index in [1.807, 2.05) is 30.3 Å². The van der Waals surface area contributed by atoms with Crippen molar-refractivity contribution in [1.29, 1.82) is 0 Å². The number of rotatable bonds is 6. The molecular weight excluding hydrogens is 350 g/mol. The molecule has 2 N–H and O–H groups in total. The maximum Gasteiger partial charge on any atom is 0.243 e. The van der Waals surface area contributed by atoms with Crippen LogP contribution in [0.2, 0.25) is 0 Å². The van der Waals surface area contributed by atoms with Crippen molar-refractivity contribution < 1.29 is 13.2 Å². The molecule has 0 radical (unpaired) electrons. The van der Waals surface area contributed by atoms with Crippen molar-refractivity contribution in [3.63, 3.8) is 0 Å². The molecule has 7 heteroatoms. The van der Waals surface area contributed by atoms with E-state index in [2.05, 4.69) is 10.6 Å². The number of amides is 1. The summed E-state index contributed by atoms with van der Waals surface area (Å²) in [6, 6.07) is 16.2. The number of sulfonamides is 1. The van der Waals surface area contributed by atoms with Crippen molar-refractivity contribution in [2.75, 3.05) is 23.7 Å². The van der Waals surface area contributed by atoms with Crippen molar-refractivity contribution in [2.45, 2.75) is 30.7 Å². The van der Waals surface area contributed by atoms with Crippen LogP contribution in [0, 0.1) is 0 Å². The zero-order chi connectivity index (χ0) is 18.6. The van der Waals surface area contributed by atoms with Gasteiger partial charge in [0.1, 0.15) is 0 Å². The van der Waals surface area contributed by atoms with E-state index in [0.717, 1.165) is 12.1 Å². The third-order valence-corrected chi connectivity index (χ3v) is 6.27. The lowest BCUT2D eigenvalue weighted by Crippen LogP contribution is -2.31. The van der Waals surface area contributed by atoms with E-state index in [4.69, 9.17) is 0 Å². The Bertz CT molecular complexity index is 851. The molecule has 138 valence electrons. The van der Waals surface area contributed by atoms with E-state index in [9.17, 15) is 13.2 Å². The second kappa shape index (κ2) is 7.88. The minimum atomic E-state index is -3.53. The molecule has 0 aromatic heterocycles. The van der Waals surface area contributed by atoms with Gasteiger partial charge < -0.3 is 10.6 Å². The van der Waals surface area contributed by atoms with Crippen molar-refractivity contribution >= 4 is 27.3 Å². The Morgan fingerprint density at radius 3 is 2.42 bits per heavy atom. The van der Waals surface area contributed by atoms with Gasteiger partial charge in [-0.1, -0.05) is 25.1 Å². The Balaban J connectivity index is 1.66. The molecule has 26 heavy (non-hydrogen) atoms. The molecule has 0 aliphatic carbocycles. The quantitative estimate of drug-likeness (QED) is 0.816. The van der Waals surface area contributed by atoms with E-state index in [1.54, 1.807) is 31.2 Å². The third kappa shape index (κ3) is 4.23. The molecule has 1 atom stereocenters. The van der Waals surface area contributed by atoms with Crippen LogP contribution in [0.1, 0.15) is 19.8 Å². The van der Waals surface area contributed by atoms with Crippen LogP contribution in [0.25, 0.3) is 0 Å². The first-order valence-corrected chi connectivity index (χ1v) is 10.1. The van der Waals surface area contributed by atoms with Gasteiger partial charge >= 0.3 is 0 Å². The fraction of sp³-hybridized carbons (Fsp3) is 0.316. The summed E-state index contributed by atoms with van der Waals surface area (Å²) in [5.74, 6) is -0.102. The largest absolute Gasteiger partial charge is 0.381 e. The van der Waals surface area contributed by atoms with Gasteiger partial charge in [-0.3, -0.25) is 4.79 Å². The highest BCUT2D eigenvalue weighted by Gasteiger charge is 2.32. The number of para-hydroxylation sites is 1. The fourth-order valence-corrected chi connectivity index (χ4v) is 4.44. The molecular formula is C19H23N3O3S. The summed E-state index contributed by atoms with van der Waals surface area (Å²) in [7, 11) is -3.53. The maximum atomic E-state index is 12.8. The Morgan fingerprint density at radius 2 is 1.77 bits per heavy atom. The number of hydrogen-bond acceptors (Lipinski definition) is 4. The molecule has 3 rings (SSSR count). The molecule has 1 aliphatic heterocycles. The molecule has 2 aromatic rings. The fourth-order valence-electron chi connectivity index (χ4n) is 2.94. The van der Waals surface area contributed by atoms with Gasteiger partial charge in [0.15, 0.2) is 0 Å². The summed E-state index contributed by atoms with van der Waals surface area (Å²) in [4.78, 5) is 11.7. The van der Waals surface area contributed by atoms with Crippen molar-refractivity contribution in [3.8, 4) is 0 Å². The molecule has 1 saturated heterocycles. The lowest BCUT2D eigenvalue weighted by atomic mass is 10.2. The average molecular weight is 373 g/mol. The molecule has 0 bridgehead atoms. The van der Waals surface area contributed by atoms with Gasteiger partial charge in [-0.2, -0.15) is 4.31 Å². The molecule has 1 unspecified atom stereocenters. The molecule has 6 nitrogen and oxygen atoms in total. The van der Waals surface area contributed by atoms with E-state index in [0.29, 0.717) is 25.2 Å². The number of nitrogens with one attached hydrogen (secondary N) is 2. The lowest BCUT2D eigenvalue weighted by molar-refractivity contribution is -0.115. The van der Waals surface area contributed by atoms with Gasteiger partial charge in [0.2, 0.25) is 15.9 Å². The summed E-state index contributed by atoms with van der Waals surface area (Å²) in [6.45, 7) is 2.69. The predicted octanol–water partition coefficient (Wildman–Crippen LogP) is 2.91. The molecule has 1 aliphatic rings. The van der Waals surface area contributed by atoms with Crippen LogP contribution >= 0.6 is 0 Å². The van der Waals surface area contributed by atoms with Gasteiger partial charge in [-0.05, 0) is 42.8 Å². The first-order chi connectivity index (χ1) is 12.5. The second-order valence-electron chi connectivity index (χ2n) is 6.29. The van der Waals surface area contributed by atoms with Crippen LogP contribution < -0.4 is 10.6 Å². The highest BCUT2D eigenvalue weighted by molar-refractivity contribution is 7.89. The van der Waals surface area contributed by atoms with Crippen LogP contribution in [0.3, 0.4) is 0 Å². The number of anilines is 2. The Labute approximate surface area is 154 Å². The topological polar surface area (TPSA) is 78.5 Å². The Hall–Kier alpha value is -2.38. The van der Waals surface area contributed by atoms with Crippen LogP contribution in [0.15, 0.2) is 59.5 Å². The molecule has 0 spiro atoms. The average Bonchev–Trinajstić information content (AvgIpc) is 3.12. The molecule has 1 heterocycles. The molecule has 2 aromatic carbocycles. The van der Waals surface area contributed by atoms with E-state index in [1.165, 1.54) is 4.31 Å². The maximum absolute atomic E-state index is 12.8. The monoisotopic (exact) mass is 373 g/mol. The summed E-state index contributed by atoms with van der Waals surface area (Å²) >= 11 is 0. The van der Waals surface area contributed by atoms with Gasteiger partial charge in [0.25, 0.3) is 0 Å². The standard InChI is InChI=1S/C19H23N3O3S/c1-2-19(23)21-16-8-10-18(11-9-16)26(24,25)22-13-12-17(14-22)20-15-6-4-3-5-7-15/h3-11,17,20H,2,12-14H2,1H3,(H,21,23). The van der Waals surface area contributed by atoms with Crippen molar-refractivity contribution in [2.24, 2.45) is 0 Å². The van der Waals surface area contributed by atoms with Gasteiger partial charge in [-0.25, -0.2) is 8.42 Å². The van der Waals surface area contributed by atoms with Gasteiger partial charge in [0, 0.05) is 36.9 Å². The first kappa shape index (κ1) is 18.4. The molecule has 0 saturated carbocycles. The molecule has 1 fully saturated rings. The predicted molar refractivity (Wildman–Crippen MR) is 103 cm³/mol. The van der Waals surface area contributed by atoms with Crippen LogP contribution in [-0.4, -0.2) is 37.8 Å². The number of carbonyl (C=O) groups excluding carboxylic acids is 1. The summed E-state index contributed by atoms with van der Waals surface area (Å²) in [5, 5.41) is 6.09. The van der Waals surface area contributed by atoms with E-state index in [-0.39, 0.29) is 16.8 Å². The number of benzene rings is 2. The van der Waals surface area contributed by atoms with Gasteiger partial charge in [-0.15, -0.1) is 0 Å². The molecule has 1 amide bonds. The lowest BCUT2D eigenvalue weighted by Gasteiger charge is -2.18. The first-order valence-electron chi connectivity index (χ1n) is 8.70. The van der Waals surface area contributed by atoms with E-state index >= 15 is 0 Å². The smallest absolute Gasteiger partial charge is 0.243 e. The van der Waals surface area contributed by atoms with Crippen LogP contribution in [0.5, 0.6) is 0 Å². The number of hydrogen-bond donors (Lipinski definition) is 2. The van der Waals surface area contributed by atoms with E-state index < -0.39 is 10.0 Å². The van der Waals surface area contributed by atoms with Crippen molar-refractivity contribution in [3.05, 3.63) is 54.6 Å².